The van der Waals surface area contributed by atoms with Crippen molar-refractivity contribution >= 4 is 29.0 Å². The highest BCUT2D eigenvalue weighted by atomic mass is 35.5. The lowest BCUT2D eigenvalue weighted by molar-refractivity contribution is 0.0430. The molecule has 32 heavy (non-hydrogen) atoms. The third kappa shape index (κ3) is 3.20. The molecule has 3 aromatic rings. The maximum absolute atomic E-state index is 13.3. The number of nitrogens with two attached hydrogens (primary N) is 1. The summed E-state index contributed by atoms with van der Waals surface area (Å²) in [6.45, 7) is 5.02. The molecule has 8 heteroatoms. The zero-order valence-electron chi connectivity index (χ0n) is 17.9. The number of aryl methyl sites for hydroxylation is 1. The van der Waals surface area contributed by atoms with Gasteiger partial charge < -0.3 is 15.4 Å². The first-order chi connectivity index (χ1) is 15.3. The van der Waals surface area contributed by atoms with Gasteiger partial charge in [-0.15, -0.1) is 0 Å². The minimum absolute atomic E-state index is 0.154. The third-order valence-corrected chi connectivity index (χ3v) is 7.48. The number of piperidine rings is 1. The fourth-order valence-corrected chi connectivity index (χ4v) is 5.24. The van der Waals surface area contributed by atoms with E-state index < -0.39 is 5.60 Å². The van der Waals surface area contributed by atoms with Crippen molar-refractivity contribution < 1.29 is 4.74 Å². The topological polar surface area (TPSA) is 73.4 Å². The Morgan fingerprint density at radius 2 is 1.81 bits per heavy atom. The van der Waals surface area contributed by atoms with Crippen LogP contribution in [0, 0.1) is 13.8 Å². The summed E-state index contributed by atoms with van der Waals surface area (Å²) in [5, 5.41) is 0.729. The van der Waals surface area contributed by atoms with E-state index in [1.807, 2.05) is 24.3 Å². The lowest BCUT2D eigenvalue weighted by Gasteiger charge is -2.41. The Balaban J connectivity index is 1.44. The van der Waals surface area contributed by atoms with Gasteiger partial charge in [-0.3, -0.25) is 9.36 Å². The van der Waals surface area contributed by atoms with Crippen molar-refractivity contribution in [2.75, 3.05) is 18.0 Å². The highest BCUT2D eigenvalue weighted by molar-refractivity contribution is 6.43. The molecule has 0 bridgehead atoms. The van der Waals surface area contributed by atoms with E-state index in [4.69, 9.17) is 38.7 Å². The lowest BCUT2D eigenvalue weighted by Crippen LogP contribution is -2.52. The van der Waals surface area contributed by atoms with Crippen LogP contribution in [-0.2, 0) is 0 Å². The number of rotatable bonds is 2. The summed E-state index contributed by atoms with van der Waals surface area (Å²) in [4.78, 5) is 20.3. The molecule has 1 aromatic heterocycles. The predicted molar refractivity (Wildman–Crippen MR) is 128 cm³/mol. The van der Waals surface area contributed by atoms with Crippen molar-refractivity contribution in [3.63, 3.8) is 0 Å². The summed E-state index contributed by atoms with van der Waals surface area (Å²) < 4.78 is 7.86. The average molecular weight is 471 g/mol. The molecule has 1 spiro atoms. The molecule has 1 saturated heterocycles. The molecule has 0 radical (unpaired) electrons. The number of anilines is 1. The largest absolute Gasteiger partial charge is 0.485 e. The van der Waals surface area contributed by atoms with E-state index in [0.717, 1.165) is 24.2 Å². The summed E-state index contributed by atoms with van der Waals surface area (Å²) in [6.07, 6.45) is 1.51. The zero-order valence-corrected chi connectivity index (χ0v) is 19.5. The molecule has 2 aliphatic rings. The molecule has 0 saturated carbocycles. The Hall–Kier alpha value is -2.54. The molecule has 2 aromatic carbocycles. The Kier molecular flexibility index (Phi) is 5.19. The SMILES string of the molecule is Cc1c(N2CCC3(CC2)Oc2ccccc2[C@H]3N)nc(C)n(-c2cccc(Cl)c2Cl)c1=O. The number of halogens is 2. The number of hydrogen-bond donors (Lipinski definition) is 1. The second kappa shape index (κ2) is 7.80. The van der Waals surface area contributed by atoms with Gasteiger partial charge >= 0.3 is 0 Å². The highest BCUT2D eigenvalue weighted by Gasteiger charge is 2.48. The third-order valence-electron chi connectivity index (χ3n) is 6.67. The molecule has 2 N–H and O–H groups in total. The van der Waals surface area contributed by atoms with Crippen molar-refractivity contribution in [2.24, 2.45) is 5.73 Å². The monoisotopic (exact) mass is 470 g/mol. The minimum Gasteiger partial charge on any atom is -0.485 e. The Morgan fingerprint density at radius 1 is 1.09 bits per heavy atom. The highest BCUT2D eigenvalue weighted by Crippen LogP contribution is 2.47. The van der Waals surface area contributed by atoms with Crippen LogP contribution in [0.3, 0.4) is 0 Å². The second-order valence-electron chi connectivity index (χ2n) is 8.49. The van der Waals surface area contributed by atoms with Gasteiger partial charge in [0.1, 0.15) is 23.0 Å². The summed E-state index contributed by atoms with van der Waals surface area (Å²) >= 11 is 12.5. The number of fused-ring (bicyclic) bond motifs is 1. The Labute approximate surface area is 196 Å². The quantitative estimate of drug-likeness (QED) is 0.592. The fraction of sp³-hybridized carbons (Fsp3) is 0.333. The van der Waals surface area contributed by atoms with Crippen LogP contribution in [0.25, 0.3) is 5.69 Å². The van der Waals surface area contributed by atoms with Crippen LogP contribution in [0.1, 0.15) is 35.8 Å². The zero-order chi connectivity index (χ0) is 22.6. The van der Waals surface area contributed by atoms with Gasteiger partial charge in [-0.1, -0.05) is 47.5 Å². The first-order valence-electron chi connectivity index (χ1n) is 10.7. The number of benzene rings is 2. The summed E-state index contributed by atoms with van der Waals surface area (Å²) in [5.74, 6) is 2.13. The number of ether oxygens (including phenoxy) is 1. The number of para-hydroxylation sites is 1. The van der Waals surface area contributed by atoms with Gasteiger partial charge in [0.2, 0.25) is 0 Å². The molecule has 5 rings (SSSR count). The normalized spacial score (nSPS) is 19.2. The van der Waals surface area contributed by atoms with Crippen LogP contribution in [-0.4, -0.2) is 28.2 Å². The van der Waals surface area contributed by atoms with Crippen LogP contribution < -0.4 is 20.9 Å². The molecule has 6 nitrogen and oxygen atoms in total. The Bertz CT molecular complexity index is 1270. The standard InChI is InChI=1S/C24H24Cl2N4O2/c1-14-22(28-15(2)30(23(14)31)18-8-5-7-17(25)20(18)26)29-12-10-24(11-13-29)21(27)16-6-3-4-9-19(16)32-24/h3-9,21H,10-13,27H2,1-2H3/t21-/m1/s1. The van der Waals surface area contributed by atoms with Crippen molar-refractivity contribution in [1.82, 2.24) is 9.55 Å². The number of aromatic nitrogens is 2. The molecule has 1 fully saturated rings. The van der Waals surface area contributed by atoms with E-state index in [9.17, 15) is 4.79 Å². The number of nitrogens with zero attached hydrogens (tertiary/aromatic N) is 3. The molecule has 0 amide bonds. The van der Waals surface area contributed by atoms with Crippen LogP contribution in [0.2, 0.25) is 10.0 Å². The molecule has 166 valence electrons. The minimum atomic E-state index is -0.410. The van der Waals surface area contributed by atoms with Crippen molar-refractivity contribution in [3.8, 4) is 11.4 Å². The number of hydrogen-bond acceptors (Lipinski definition) is 5. The van der Waals surface area contributed by atoms with E-state index >= 15 is 0 Å². The lowest BCUT2D eigenvalue weighted by atomic mass is 9.83. The summed E-state index contributed by atoms with van der Waals surface area (Å²) in [5.41, 5.74) is 8.19. The predicted octanol–water partition coefficient (Wildman–Crippen LogP) is 4.59. The first-order valence-corrected chi connectivity index (χ1v) is 11.4. The molecule has 2 aliphatic heterocycles. The summed E-state index contributed by atoms with van der Waals surface area (Å²) in [6, 6.07) is 13.1. The molecule has 0 unspecified atom stereocenters. The van der Waals surface area contributed by atoms with Crippen molar-refractivity contribution in [3.05, 3.63) is 79.8 Å². The maximum atomic E-state index is 13.3. The van der Waals surface area contributed by atoms with E-state index in [-0.39, 0.29) is 11.6 Å². The van der Waals surface area contributed by atoms with Gasteiger partial charge in [0, 0.05) is 31.5 Å². The van der Waals surface area contributed by atoms with Crippen LogP contribution in [0.15, 0.2) is 47.3 Å². The van der Waals surface area contributed by atoms with Crippen molar-refractivity contribution in [1.29, 1.82) is 0 Å². The molecular formula is C24H24Cl2N4O2. The van der Waals surface area contributed by atoms with Crippen LogP contribution in [0.5, 0.6) is 5.75 Å². The van der Waals surface area contributed by atoms with E-state index in [1.165, 1.54) is 4.57 Å². The molecule has 1 atom stereocenters. The van der Waals surface area contributed by atoms with Crippen LogP contribution >= 0.6 is 23.2 Å². The maximum Gasteiger partial charge on any atom is 0.263 e. The van der Waals surface area contributed by atoms with Gasteiger partial charge in [-0.25, -0.2) is 4.98 Å². The fourth-order valence-electron chi connectivity index (χ4n) is 4.86. The molecule has 3 heterocycles. The van der Waals surface area contributed by atoms with Gasteiger partial charge in [-0.2, -0.15) is 0 Å². The summed E-state index contributed by atoms with van der Waals surface area (Å²) in [7, 11) is 0. The van der Waals surface area contributed by atoms with E-state index in [1.54, 1.807) is 32.0 Å². The van der Waals surface area contributed by atoms with E-state index in [2.05, 4.69) is 4.90 Å². The molecule has 0 aliphatic carbocycles. The van der Waals surface area contributed by atoms with Gasteiger partial charge in [0.15, 0.2) is 0 Å². The average Bonchev–Trinajstić information content (AvgIpc) is 3.06. The Morgan fingerprint density at radius 3 is 2.53 bits per heavy atom. The molecular weight excluding hydrogens is 447 g/mol. The first kappa shape index (κ1) is 21.3. The van der Waals surface area contributed by atoms with Crippen molar-refractivity contribution in [2.45, 2.75) is 38.3 Å². The van der Waals surface area contributed by atoms with E-state index in [0.29, 0.717) is 46.0 Å². The smallest absolute Gasteiger partial charge is 0.263 e. The van der Waals surface area contributed by atoms with Gasteiger partial charge in [0.05, 0.1) is 27.3 Å². The van der Waals surface area contributed by atoms with Gasteiger partial charge in [-0.05, 0) is 32.0 Å². The van der Waals surface area contributed by atoms with Gasteiger partial charge in [0.25, 0.3) is 5.56 Å². The van der Waals surface area contributed by atoms with Crippen LogP contribution in [0.4, 0.5) is 5.82 Å². The second-order valence-corrected chi connectivity index (χ2v) is 9.28.